The van der Waals surface area contributed by atoms with Gasteiger partial charge in [-0.1, -0.05) is 30.3 Å². The topological polar surface area (TPSA) is 48.1 Å². The van der Waals surface area contributed by atoms with E-state index in [4.69, 9.17) is 0 Å². The van der Waals surface area contributed by atoms with Gasteiger partial charge in [-0.15, -0.1) is 0 Å². The molecule has 116 valence electrons. The Balaban J connectivity index is 1.47. The third-order valence-corrected chi connectivity index (χ3v) is 4.48. The van der Waals surface area contributed by atoms with Crippen LogP contribution in [0.3, 0.4) is 0 Å². The molecule has 2 aromatic carbocycles. The zero-order valence-electron chi connectivity index (χ0n) is 12.8. The molecule has 2 heterocycles. The quantitative estimate of drug-likeness (QED) is 0.781. The molecule has 1 fully saturated rings. The van der Waals surface area contributed by atoms with Crippen LogP contribution in [0.1, 0.15) is 16.8 Å². The molecule has 1 atom stereocenters. The number of hydrogen-bond acceptors (Lipinski definition) is 2. The second kappa shape index (κ2) is 5.80. The number of H-pyrrole nitrogens is 1. The summed E-state index contributed by atoms with van der Waals surface area (Å²) in [5.74, 6) is -0.00189. The average molecular weight is 305 g/mol. The van der Waals surface area contributed by atoms with E-state index in [-0.39, 0.29) is 11.9 Å². The second-order valence-electron chi connectivity index (χ2n) is 5.99. The third-order valence-electron chi connectivity index (χ3n) is 4.48. The zero-order valence-corrected chi connectivity index (χ0v) is 12.8. The molecule has 1 aliphatic rings. The first-order valence-electron chi connectivity index (χ1n) is 7.98. The number of hydrogen-bond donors (Lipinski definition) is 2. The summed E-state index contributed by atoms with van der Waals surface area (Å²) >= 11 is 0. The Bertz CT molecular complexity index is 825. The van der Waals surface area contributed by atoms with Crippen LogP contribution in [0.2, 0.25) is 0 Å². The van der Waals surface area contributed by atoms with Crippen molar-refractivity contribution in [3.8, 4) is 0 Å². The Morgan fingerprint density at radius 3 is 2.83 bits per heavy atom. The Morgan fingerprint density at radius 1 is 1.09 bits per heavy atom. The fourth-order valence-electron chi connectivity index (χ4n) is 3.29. The van der Waals surface area contributed by atoms with Crippen LogP contribution in [0.25, 0.3) is 10.9 Å². The number of nitrogens with zero attached hydrogens (tertiary/aromatic N) is 1. The van der Waals surface area contributed by atoms with Crippen molar-refractivity contribution in [2.75, 3.05) is 18.0 Å². The lowest BCUT2D eigenvalue weighted by molar-refractivity contribution is 0.0942. The van der Waals surface area contributed by atoms with Crippen LogP contribution in [0.15, 0.2) is 60.8 Å². The predicted molar refractivity (Wildman–Crippen MR) is 92.8 cm³/mol. The number of carbonyl (C=O) groups is 1. The van der Waals surface area contributed by atoms with Gasteiger partial charge in [0.15, 0.2) is 0 Å². The first-order chi connectivity index (χ1) is 11.3. The molecular formula is C19H19N3O. The maximum Gasteiger partial charge on any atom is 0.253 e. The minimum atomic E-state index is -0.00189. The first-order valence-corrected chi connectivity index (χ1v) is 7.98. The molecule has 0 saturated carbocycles. The second-order valence-corrected chi connectivity index (χ2v) is 5.99. The fraction of sp³-hybridized carbons (Fsp3) is 0.211. The molecule has 0 spiro atoms. The first kappa shape index (κ1) is 13.9. The van der Waals surface area contributed by atoms with Gasteiger partial charge in [0.2, 0.25) is 0 Å². The highest BCUT2D eigenvalue weighted by Crippen LogP contribution is 2.21. The van der Waals surface area contributed by atoms with Gasteiger partial charge in [0.1, 0.15) is 0 Å². The maximum atomic E-state index is 12.6. The maximum absolute atomic E-state index is 12.6. The van der Waals surface area contributed by atoms with E-state index in [9.17, 15) is 4.79 Å². The Labute approximate surface area is 135 Å². The van der Waals surface area contributed by atoms with Gasteiger partial charge in [-0.3, -0.25) is 4.79 Å². The van der Waals surface area contributed by atoms with Crippen molar-refractivity contribution >= 4 is 22.5 Å². The Hall–Kier alpha value is -2.75. The van der Waals surface area contributed by atoms with Gasteiger partial charge in [-0.25, -0.2) is 0 Å². The summed E-state index contributed by atoms with van der Waals surface area (Å²) in [6.45, 7) is 1.83. The van der Waals surface area contributed by atoms with Gasteiger partial charge in [0.25, 0.3) is 5.91 Å². The number of carbonyl (C=O) groups excluding carboxylic acids is 1. The molecule has 0 bridgehead atoms. The van der Waals surface area contributed by atoms with Crippen LogP contribution in [0.4, 0.5) is 5.69 Å². The minimum Gasteiger partial charge on any atom is -0.369 e. The summed E-state index contributed by atoms with van der Waals surface area (Å²) in [5, 5.41) is 4.24. The minimum absolute atomic E-state index is 0.00189. The van der Waals surface area contributed by atoms with E-state index in [0.29, 0.717) is 5.56 Å². The lowest BCUT2D eigenvalue weighted by Crippen LogP contribution is -2.37. The number of aromatic amines is 1. The van der Waals surface area contributed by atoms with Crippen LogP contribution in [0, 0.1) is 0 Å². The molecule has 1 aliphatic heterocycles. The molecule has 4 heteroatoms. The monoisotopic (exact) mass is 305 g/mol. The average Bonchev–Trinajstić information content (AvgIpc) is 3.24. The molecular weight excluding hydrogens is 286 g/mol. The van der Waals surface area contributed by atoms with Gasteiger partial charge < -0.3 is 15.2 Å². The molecule has 0 unspecified atom stereocenters. The normalized spacial score (nSPS) is 17.6. The summed E-state index contributed by atoms with van der Waals surface area (Å²) in [6.07, 6.45) is 2.84. The van der Waals surface area contributed by atoms with Crippen molar-refractivity contribution in [2.45, 2.75) is 12.5 Å². The summed E-state index contributed by atoms with van der Waals surface area (Å²) < 4.78 is 0. The number of nitrogens with one attached hydrogen (secondary N) is 2. The number of para-hydroxylation sites is 2. The van der Waals surface area contributed by atoms with E-state index in [1.165, 1.54) is 5.69 Å². The summed E-state index contributed by atoms with van der Waals surface area (Å²) in [5.41, 5.74) is 2.84. The van der Waals surface area contributed by atoms with Crippen molar-refractivity contribution in [3.63, 3.8) is 0 Å². The lowest BCUT2D eigenvalue weighted by Gasteiger charge is -2.19. The van der Waals surface area contributed by atoms with Gasteiger partial charge in [0.05, 0.1) is 11.1 Å². The van der Waals surface area contributed by atoms with E-state index in [1.807, 2.05) is 48.7 Å². The molecule has 4 rings (SSSR count). The Morgan fingerprint density at radius 2 is 1.96 bits per heavy atom. The molecule has 3 aromatic rings. The summed E-state index contributed by atoms with van der Waals surface area (Å²) in [7, 11) is 0. The van der Waals surface area contributed by atoms with Crippen LogP contribution in [-0.2, 0) is 0 Å². The van der Waals surface area contributed by atoms with Crippen molar-refractivity contribution < 1.29 is 4.79 Å². The molecule has 1 saturated heterocycles. The third kappa shape index (κ3) is 2.68. The Kier molecular flexibility index (Phi) is 3.50. The molecule has 1 aromatic heterocycles. The van der Waals surface area contributed by atoms with Crippen molar-refractivity contribution in [3.05, 3.63) is 66.4 Å². The number of anilines is 1. The zero-order chi connectivity index (χ0) is 15.6. The molecule has 23 heavy (non-hydrogen) atoms. The molecule has 2 N–H and O–H groups in total. The van der Waals surface area contributed by atoms with Crippen molar-refractivity contribution in [1.82, 2.24) is 10.3 Å². The largest absolute Gasteiger partial charge is 0.369 e. The van der Waals surface area contributed by atoms with Crippen molar-refractivity contribution in [1.29, 1.82) is 0 Å². The van der Waals surface area contributed by atoms with Crippen LogP contribution >= 0.6 is 0 Å². The van der Waals surface area contributed by atoms with E-state index < -0.39 is 0 Å². The highest BCUT2D eigenvalue weighted by molar-refractivity contribution is 6.05. The highest BCUT2D eigenvalue weighted by atomic mass is 16.1. The molecule has 0 radical (unpaired) electrons. The number of amides is 1. The SMILES string of the molecule is O=C(N[C@@H]1CCN(c2ccccc2)C1)c1cccc2cc[nH]c12. The van der Waals surface area contributed by atoms with Crippen molar-refractivity contribution in [2.24, 2.45) is 0 Å². The van der Waals surface area contributed by atoms with E-state index in [2.05, 4.69) is 27.3 Å². The number of benzene rings is 2. The van der Waals surface area contributed by atoms with Gasteiger partial charge in [0, 0.05) is 36.4 Å². The summed E-state index contributed by atoms with van der Waals surface area (Å²) in [6, 6.07) is 18.3. The molecule has 4 nitrogen and oxygen atoms in total. The van der Waals surface area contributed by atoms with Gasteiger partial charge in [-0.2, -0.15) is 0 Å². The highest BCUT2D eigenvalue weighted by Gasteiger charge is 2.24. The molecule has 0 aliphatic carbocycles. The summed E-state index contributed by atoms with van der Waals surface area (Å²) in [4.78, 5) is 18.1. The van der Waals surface area contributed by atoms with Crippen LogP contribution in [-0.4, -0.2) is 30.0 Å². The number of aromatic nitrogens is 1. The predicted octanol–water partition coefficient (Wildman–Crippen LogP) is 3.18. The fourth-order valence-corrected chi connectivity index (χ4v) is 3.29. The van der Waals surface area contributed by atoms with Gasteiger partial charge in [-0.05, 0) is 30.7 Å². The van der Waals surface area contributed by atoms with E-state index in [1.54, 1.807) is 0 Å². The number of rotatable bonds is 3. The molecule has 1 amide bonds. The van der Waals surface area contributed by atoms with E-state index in [0.717, 1.165) is 30.4 Å². The van der Waals surface area contributed by atoms with Gasteiger partial charge >= 0.3 is 0 Å². The van der Waals surface area contributed by atoms with E-state index >= 15 is 0 Å². The smallest absolute Gasteiger partial charge is 0.253 e. The van der Waals surface area contributed by atoms with Crippen LogP contribution in [0.5, 0.6) is 0 Å². The van der Waals surface area contributed by atoms with Crippen LogP contribution < -0.4 is 10.2 Å². The lowest BCUT2D eigenvalue weighted by atomic mass is 10.1. The number of fused-ring (bicyclic) bond motifs is 1. The standard InChI is InChI=1S/C19H19N3O/c23-19(17-8-4-5-14-9-11-20-18(14)17)21-15-10-12-22(13-15)16-6-2-1-3-7-16/h1-9,11,15,20H,10,12-13H2,(H,21,23)/t15-/m1/s1.